The number of ether oxygens (including phenoxy) is 1. The average Bonchev–Trinajstić information content (AvgIpc) is 3.30. The van der Waals surface area contributed by atoms with E-state index in [4.69, 9.17) is 4.74 Å². The molecule has 0 bridgehead atoms. The number of sulfonamides is 1. The number of carbonyl (C=O) groups excluding carboxylic acids is 1. The van der Waals surface area contributed by atoms with Gasteiger partial charge in [0.2, 0.25) is 10.0 Å². The highest BCUT2D eigenvalue weighted by molar-refractivity contribution is 7.89. The molecule has 6 nitrogen and oxygen atoms in total. The first-order valence-corrected chi connectivity index (χ1v) is 11.4. The van der Waals surface area contributed by atoms with E-state index in [9.17, 15) is 13.2 Å². The van der Waals surface area contributed by atoms with E-state index in [1.807, 2.05) is 31.4 Å². The maximum absolute atomic E-state index is 12.6. The van der Waals surface area contributed by atoms with E-state index < -0.39 is 16.0 Å². The summed E-state index contributed by atoms with van der Waals surface area (Å²) in [5, 5.41) is 2.03. The van der Waals surface area contributed by atoms with Crippen molar-refractivity contribution in [1.29, 1.82) is 0 Å². The molecule has 2 aromatic heterocycles. The molecule has 0 amide bonds. The molecule has 2 heterocycles. The molecule has 1 aromatic carbocycles. The summed E-state index contributed by atoms with van der Waals surface area (Å²) in [6.45, 7) is 4.59. The molecule has 0 N–H and O–H groups in total. The summed E-state index contributed by atoms with van der Waals surface area (Å²) in [5.74, 6) is -0.420. The van der Waals surface area contributed by atoms with Crippen molar-refractivity contribution in [1.82, 2.24) is 8.87 Å². The highest BCUT2D eigenvalue weighted by Gasteiger charge is 2.19. The van der Waals surface area contributed by atoms with E-state index in [1.165, 1.54) is 31.1 Å². The van der Waals surface area contributed by atoms with Gasteiger partial charge in [-0.3, -0.25) is 0 Å². The van der Waals surface area contributed by atoms with E-state index in [-0.39, 0.29) is 11.5 Å². The van der Waals surface area contributed by atoms with Gasteiger partial charge in [0.25, 0.3) is 0 Å². The number of thiophene rings is 1. The Morgan fingerprint density at radius 1 is 1.14 bits per heavy atom. The molecule has 0 aliphatic heterocycles. The van der Waals surface area contributed by atoms with Gasteiger partial charge in [-0.2, -0.15) is 0 Å². The Morgan fingerprint density at radius 3 is 2.55 bits per heavy atom. The summed E-state index contributed by atoms with van der Waals surface area (Å²) in [6, 6.07) is 12.3. The second kappa shape index (κ2) is 8.52. The molecule has 154 valence electrons. The molecule has 0 unspecified atom stereocenters. The number of carbonyl (C=O) groups is 1. The van der Waals surface area contributed by atoms with Crippen LogP contribution >= 0.6 is 11.3 Å². The van der Waals surface area contributed by atoms with Gasteiger partial charge in [0, 0.05) is 30.4 Å². The van der Waals surface area contributed by atoms with Crippen molar-refractivity contribution >= 4 is 27.3 Å². The van der Waals surface area contributed by atoms with Crippen LogP contribution in [0.3, 0.4) is 0 Å². The van der Waals surface area contributed by atoms with Crippen molar-refractivity contribution in [2.75, 3.05) is 14.1 Å². The SMILES string of the molecule is Cc1cc(C(=O)OCc2cccc(S(=O)(=O)N(C)C)c2)c(C)n1Cc1cccs1. The van der Waals surface area contributed by atoms with Gasteiger partial charge in [0.05, 0.1) is 17.0 Å². The second-order valence-corrected chi connectivity index (χ2v) is 10.1. The molecule has 29 heavy (non-hydrogen) atoms. The van der Waals surface area contributed by atoms with Gasteiger partial charge in [0.1, 0.15) is 6.61 Å². The lowest BCUT2D eigenvalue weighted by molar-refractivity contribution is 0.0471. The van der Waals surface area contributed by atoms with E-state index >= 15 is 0 Å². The third-order valence-electron chi connectivity index (χ3n) is 4.73. The Morgan fingerprint density at radius 2 is 1.90 bits per heavy atom. The van der Waals surface area contributed by atoms with Crippen molar-refractivity contribution in [3.05, 3.63) is 75.2 Å². The fourth-order valence-corrected chi connectivity index (χ4v) is 4.71. The van der Waals surface area contributed by atoms with Gasteiger partial charge < -0.3 is 9.30 Å². The van der Waals surface area contributed by atoms with Gasteiger partial charge in [-0.15, -0.1) is 11.3 Å². The molecule has 3 aromatic rings. The molecular weight excluding hydrogens is 408 g/mol. The molecule has 0 spiro atoms. The summed E-state index contributed by atoms with van der Waals surface area (Å²) in [4.78, 5) is 14.0. The number of hydrogen-bond donors (Lipinski definition) is 0. The summed E-state index contributed by atoms with van der Waals surface area (Å²) in [5.41, 5.74) is 2.98. The third-order valence-corrected chi connectivity index (χ3v) is 7.41. The van der Waals surface area contributed by atoms with Crippen LogP contribution in [0.4, 0.5) is 0 Å². The molecule has 0 saturated heterocycles. The molecule has 8 heteroatoms. The van der Waals surface area contributed by atoms with Crippen molar-refractivity contribution in [3.63, 3.8) is 0 Å². The van der Waals surface area contributed by atoms with Crippen LogP contribution in [0.25, 0.3) is 0 Å². The molecule has 0 fully saturated rings. The zero-order valence-electron chi connectivity index (χ0n) is 16.9. The maximum atomic E-state index is 12.6. The van der Waals surface area contributed by atoms with Crippen LogP contribution in [-0.2, 0) is 27.9 Å². The average molecular weight is 433 g/mol. The van der Waals surface area contributed by atoms with Crippen molar-refractivity contribution in [3.8, 4) is 0 Å². The Kier molecular flexibility index (Phi) is 6.26. The minimum Gasteiger partial charge on any atom is -0.457 e. The van der Waals surface area contributed by atoms with E-state index in [0.717, 1.165) is 15.7 Å². The number of nitrogens with zero attached hydrogens (tertiary/aromatic N) is 2. The van der Waals surface area contributed by atoms with E-state index in [2.05, 4.69) is 10.6 Å². The molecular formula is C21H24N2O4S2. The molecule has 3 rings (SSSR count). The lowest BCUT2D eigenvalue weighted by Gasteiger charge is -2.12. The lowest BCUT2D eigenvalue weighted by Crippen LogP contribution is -2.22. The largest absolute Gasteiger partial charge is 0.457 e. The smallest absolute Gasteiger partial charge is 0.340 e. The predicted molar refractivity (Wildman–Crippen MR) is 114 cm³/mol. The molecule has 0 saturated carbocycles. The Bertz CT molecular complexity index is 1110. The normalized spacial score (nSPS) is 11.8. The fraction of sp³-hybridized carbons (Fsp3) is 0.286. The van der Waals surface area contributed by atoms with Crippen LogP contribution in [0.2, 0.25) is 0 Å². The lowest BCUT2D eigenvalue weighted by atomic mass is 10.2. The van der Waals surface area contributed by atoms with Gasteiger partial charge in [0.15, 0.2) is 0 Å². The number of rotatable bonds is 7. The van der Waals surface area contributed by atoms with Crippen molar-refractivity contribution < 1.29 is 17.9 Å². The van der Waals surface area contributed by atoms with Crippen LogP contribution in [-0.4, -0.2) is 37.4 Å². The van der Waals surface area contributed by atoms with Gasteiger partial charge in [-0.25, -0.2) is 17.5 Å². The number of aryl methyl sites for hydroxylation is 1. The van der Waals surface area contributed by atoms with Crippen molar-refractivity contribution in [2.45, 2.75) is 31.9 Å². The van der Waals surface area contributed by atoms with Gasteiger partial charge >= 0.3 is 5.97 Å². The topological polar surface area (TPSA) is 68.6 Å². The summed E-state index contributed by atoms with van der Waals surface area (Å²) >= 11 is 1.68. The number of hydrogen-bond acceptors (Lipinski definition) is 5. The van der Waals surface area contributed by atoms with Crippen LogP contribution in [0.5, 0.6) is 0 Å². The predicted octanol–water partition coefficient (Wildman–Crippen LogP) is 3.82. The summed E-state index contributed by atoms with van der Waals surface area (Å²) < 4.78 is 33.3. The van der Waals surface area contributed by atoms with Crippen LogP contribution in [0.1, 0.15) is 32.2 Å². The Labute approximate surface area is 175 Å². The first-order valence-electron chi connectivity index (χ1n) is 9.08. The van der Waals surface area contributed by atoms with Crippen LogP contribution in [0, 0.1) is 13.8 Å². The third kappa shape index (κ3) is 4.60. The molecule has 0 atom stereocenters. The highest BCUT2D eigenvalue weighted by Crippen LogP contribution is 2.21. The number of benzene rings is 1. The molecule has 0 radical (unpaired) electrons. The van der Waals surface area contributed by atoms with Crippen LogP contribution < -0.4 is 0 Å². The number of esters is 1. The quantitative estimate of drug-likeness (QED) is 0.532. The first kappa shape index (κ1) is 21.3. The van der Waals surface area contributed by atoms with Gasteiger partial charge in [-0.1, -0.05) is 18.2 Å². The van der Waals surface area contributed by atoms with E-state index in [0.29, 0.717) is 17.7 Å². The summed E-state index contributed by atoms with van der Waals surface area (Å²) in [6.07, 6.45) is 0. The number of aromatic nitrogens is 1. The maximum Gasteiger partial charge on any atom is 0.340 e. The Balaban J connectivity index is 1.74. The molecule has 0 aliphatic rings. The fourth-order valence-electron chi connectivity index (χ4n) is 3.04. The zero-order valence-corrected chi connectivity index (χ0v) is 18.5. The first-order chi connectivity index (χ1) is 13.7. The standard InChI is InChI=1S/C21H24N2O4S2/c1-15-11-20(16(2)23(15)13-18-8-6-10-28-18)21(24)27-14-17-7-5-9-19(12-17)29(25,26)22(3)4/h5-12H,13-14H2,1-4H3. The highest BCUT2D eigenvalue weighted by atomic mass is 32.2. The minimum atomic E-state index is -3.53. The zero-order chi connectivity index (χ0) is 21.2. The van der Waals surface area contributed by atoms with Gasteiger partial charge in [-0.05, 0) is 49.1 Å². The monoisotopic (exact) mass is 432 g/mol. The van der Waals surface area contributed by atoms with Crippen LogP contribution in [0.15, 0.2) is 52.7 Å². The summed E-state index contributed by atoms with van der Waals surface area (Å²) in [7, 11) is -0.573. The minimum absolute atomic E-state index is 0.00418. The second-order valence-electron chi connectivity index (χ2n) is 6.96. The Hall–Kier alpha value is -2.42. The molecule has 0 aliphatic carbocycles. The van der Waals surface area contributed by atoms with E-state index in [1.54, 1.807) is 23.5 Å². The van der Waals surface area contributed by atoms with Crippen molar-refractivity contribution in [2.24, 2.45) is 0 Å².